The van der Waals surface area contributed by atoms with Gasteiger partial charge in [0.25, 0.3) is 0 Å². The van der Waals surface area contributed by atoms with E-state index in [1.54, 1.807) is 0 Å². The molecule has 1 aromatic carbocycles. The van der Waals surface area contributed by atoms with E-state index in [1.165, 1.54) is 5.56 Å². The minimum atomic E-state index is 0.261. The fraction of sp³-hybridized carbons (Fsp3) is 0.625. The van der Waals surface area contributed by atoms with Gasteiger partial charge in [-0.15, -0.1) is 0 Å². The zero-order chi connectivity index (χ0) is 13.4. The lowest BCUT2D eigenvalue weighted by molar-refractivity contribution is 0.207. The average molecular weight is 249 g/mol. The molecule has 0 radical (unpaired) electrons. The van der Waals surface area contributed by atoms with Gasteiger partial charge < -0.3 is 10.1 Å². The first-order valence-electron chi connectivity index (χ1n) is 7.08. The molecule has 0 amide bonds. The summed E-state index contributed by atoms with van der Waals surface area (Å²) in [5, 5.41) is 3.45. The lowest BCUT2D eigenvalue weighted by Crippen LogP contribution is -2.25. The van der Waals surface area contributed by atoms with Crippen LogP contribution in [0.4, 0.5) is 0 Å². The molecule has 0 bridgehead atoms. The van der Waals surface area contributed by atoms with Crippen molar-refractivity contribution in [2.24, 2.45) is 5.92 Å². The molecular weight excluding hydrogens is 222 g/mol. The first-order valence-corrected chi connectivity index (χ1v) is 7.08. The van der Waals surface area contributed by atoms with Crippen LogP contribution in [0.1, 0.15) is 39.7 Å². The lowest BCUT2D eigenvalue weighted by atomic mass is 10.1. The predicted molar refractivity (Wildman–Crippen MR) is 78.2 cm³/mol. The second kappa shape index (κ2) is 8.15. The van der Waals surface area contributed by atoms with Crippen molar-refractivity contribution in [1.82, 2.24) is 5.32 Å². The first kappa shape index (κ1) is 15.0. The Hall–Kier alpha value is -1.02. The SMILES string of the molecule is CCc1ccccc1OC(C)CCNCC(C)C. The maximum Gasteiger partial charge on any atom is 0.122 e. The smallest absolute Gasteiger partial charge is 0.122 e. The molecule has 1 atom stereocenters. The zero-order valence-electron chi connectivity index (χ0n) is 12.2. The topological polar surface area (TPSA) is 21.3 Å². The van der Waals surface area contributed by atoms with Crippen LogP contribution in [0.15, 0.2) is 24.3 Å². The number of hydrogen-bond donors (Lipinski definition) is 1. The van der Waals surface area contributed by atoms with E-state index in [9.17, 15) is 0 Å². The zero-order valence-corrected chi connectivity index (χ0v) is 12.2. The van der Waals surface area contributed by atoms with Crippen molar-refractivity contribution in [3.8, 4) is 5.75 Å². The van der Waals surface area contributed by atoms with Crippen molar-refractivity contribution in [3.63, 3.8) is 0 Å². The molecular formula is C16H27NO. The summed E-state index contributed by atoms with van der Waals surface area (Å²) in [5.41, 5.74) is 1.29. The van der Waals surface area contributed by atoms with Gasteiger partial charge in [0.1, 0.15) is 5.75 Å². The van der Waals surface area contributed by atoms with Crippen molar-refractivity contribution >= 4 is 0 Å². The lowest BCUT2D eigenvalue weighted by Gasteiger charge is -2.17. The van der Waals surface area contributed by atoms with Crippen molar-refractivity contribution in [3.05, 3.63) is 29.8 Å². The van der Waals surface area contributed by atoms with Gasteiger partial charge in [-0.2, -0.15) is 0 Å². The summed E-state index contributed by atoms with van der Waals surface area (Å²) in [5.74, 6) is 1.75. The third-order valence-electron chi connectivity index (χ3n) is 2.96. The van der Waals surface area contributed by atoms with Gasteiger partial charge in [0.05, 0.1) is 6.10 Å². The van der Waals surface area contributed by atoms with E-state index in [0.29, 0.717) is 5.92 Å². The molecule has 0 heterocycles. The monoisotopic (exact) mass is 249 g/mol. The molecule has 0 fully saturated rings. The Morgan fingerprint density at radius 1 is 1.17 bits per heavy atom. The Labute approximate surface area is 112 Å². The molecule has 1 rings (SSSR count). The molecule has 1 aromatic rings. The summed E-state index contributed by atoms with van der Waals surface area (Å²) in [7, 11) is 0. The summed E-state index contributed by atoms with van der Waals surface area (Å²) >= 11 is 0. The van der Waals surface area contributed by atoms with E-state index in [0.717, 1.165) is 31.7 Å². The van der Waals surface area contributed by atoms with Crippen molar-refractivity contribution < 1.29 is 4.74 Å². The number of rotatable bonds is 8. The summed E-state index contributed by atoms with van der Waals surface area (Å²) < 4.78 is 6.00. The normalized spacial score (nSPS) is 12.7. The highest BCUT2D eigenvalue weighted by Gasteiger charge is 2.06. The highest BCUT2D eigenvalue weighted by atomic mass is 16.5. The number of hydrogen-bond acceptors (Lipinski definition) is 2. The number of benzene rings is 1. The summed E-state index contributed by atoms with van der Waals surface area (Å²) in [6.45, 7) is 10.9. The number of nitrogens with one attached hydrogen (secondary N) is 1. The third kappa shape index (κ3) is 5.54. The van der Waals surface area contributed by atoms with Crippen LogP contribution in [-0.2, 0) is 6.42 Å². The molecule has 2 nitrogen and oxygen atoms in total. The molecule has 0 aliphatic rings. The average Bonchev–Trinajstić information content (AvgIpc) is 2.35. The third-order valence-corrected chi connectivity index (χ3v) is 2.96. The van der Waals surface area contributed by atoms with Crippen LogP contribution in [-0.4, -0.2) is 19.2 Å². The molecule has 1 N–H and O–H groups in total. The fourth-order valence-electron chi connectivity index (χ4n) is 1.88. The maximum atomic E-state index is 6.00. The summed E-state index contributed by atoms with van der Waals surface area (Å²) in [4.78, 5) is 0. The van der Waals surface area contributed by atoms with Gasteiger partial charge in [0, 0.05) is 0 Å². The van der Waals surface area contributed by atoms with Gasteiger partial charge in [-0.3, -0.25) is 0 Å². The Morgan fingerprint density at radius 2 is 1.89 bits per heavy atom. The first-order chi connectivity index (χ1) is 8.63. The van der Waals surface area contributed by atoms with Crippen LogP contribution in [0.25, 0.3) is 0 Å². The largest absolute Gasteiger partial charge is 0.490 e. The molecule has 0 aliphatic heterocycles. The second-order valence-electron chi connectivity index (χ2n) is 5.28. The second-order valence-corrected chi connectivity index (χ2v) is 5.28. The maximum absolute atomic E-state index is 6.00. The molecule has 0 aliphatic carbocycles. The fourth-order valence-corrected chi connectivity index (χ4v) is 1.88. The summed E-state index contributed by atoms with van der Waals surface area (Å²) in [6, 6.07) is 8.31. The van der Waals surface area contributed by atoms with Crippen LogP contribution in [0.5, 0.6) is 5.75 Å². The summed E-state index contributed by atoms with van der Waals surface area (Å²) in [6.07, 6.45) is 2.33. The van der Waals surface area contributed by atoms with Gasteiger partial charge in [0.15, 0.2) is 0 Å². The molecule has 102 valence electrons. The van der Waals surface area contributed by atoms with Gasteiger partial charge >= 0.3 is 0 Å². The molecule has 0 saturated heterocycles. The predicted octanol–water partition coefficient (Wildman–Crippen LogP) is 3.65. The van der Waals surface area contributed by atoms with Crippen molar-refractivity contribution in [1.29, 1.82) is 0 Å². The van der Waals surface area contributed by atoms with Crippen LogP contribution < -0.4 is 10.1 Å². The molecule has 0 saturated carbocycles. The van der Waals surface area contributed by atoms with E-state index >= 15 is 0 Å². The Morgan fingerprint density at radius 3 is 2.56 bits per heavy atom. The molecule has 1 unspecified atom stereocenters. The Bertz CT molecular complexity index is 336. The van der Waals surface area contributed by atoms with Gasteiger partial charge in [-0.05, 0) is 50.4 Å². The van der Waals surface area contributed by atoms with E-state index in [2.05, 4.69) is 51.2 Å². The van der Waals surface area contributed by atoms with Gasteiger partial charge in [-0.1, -0.05) is 39.0 Å². The number of ether oxygens (including phenoxy) is 1. The molecule has 18 heavy (non-hydrogen) atoms. The highest BCUT2D eigenvalue weighted by molar-refractivity contribution is 5.33. The van der Waals surface area contributed by atoms with Crippen LogP contribution in [0.3, 0.4) is 0 Å². The standard InChI is InChI=1S/C16H27NO/c1-5-15-8-6-7-9-16(15)18-14(4)10-11-17-12-13(2)3/h6-9,13-14,17H,5,10-12H2,1-4H3. The van der Waals surface area contributed by atoms with E-state index in [-0.39, 0.29) is 6.10 Å². The van der Waals surface area contributed by atoms with Crippen LogP contribution in [0.2, 0.25) is 0 Å². The molecule has 0 spiro atoms. The Balaban J connectivity index is 2.33. The van der Waals surface area contributed by atoms with Crippen LogP contribution >= 0.6 is 0 Å². The van der Waals surface area contributed by atoms with Crippen molar-refractivity contribution in [2.45, 2.75) is 46.6 Å². The Kier molecular flexibility index (Phi) is 6.81. The molecule has 0 aromatic heterocycles. The van der Waals surface area contributed by atoms with Crippen molar-refractivity contribution in [2.75, 3.05) is 13.1 Å². The van der Waals surface area contributed by atoms with E-state index in [1.807, 2.05) is 6.07 Å². The number of para-hydroxylation sites is 1. The van der Waals surface area contributed by atoms with Gasteiger partial charge in [0.2, 0.25) is 0 Å². The quantitative estimate of drug-likeness (QED) is 0.710. The van der Waals surface area contributed by atoms with Crippen LogP contribution in [0, 0.1) is 5.92 Å². The number of aryl methyl sites for hydroxylation is 1. The molecule has 2 heteroatoms. The van der Waals surface area contributed by atoms with E-state index < -0.39 is 0 Å². The highest BCUT2D eigenvalue weighted by Crippen LogP contribution is 2.20. The van der Waals surface area contributed by atoms with E-state index in [4.69, 9.17) is 4.74 Å². The minimum Gasteiger partial charge on any atom is -0.490 e. The minimum absolute atomic E-state index is 0.261. The van der Waals surface area contributed by atoms with Gasteiger partial charge in [-0.25, -0.2) is 0 Å².